The number of aromatic nitrogens is 3. The lowest BCUT2D eigenvalue weighted by Gasteiger charge is -2.33. The predicted molar refractivity (Wildman–Crippen MR) is 116 cm³/mol. The van der Waals surface area contributed by atoms with Gasteiger partial charge in [-0.25, -0.2) is 0 Å². The van der Waals surface area contributed by atoms with E-state index in [0.29, 0.717) is 12.6 Å². The minimum atomic E-state index is 0.462. The van der Waals surface area contributed by atoms with E-state index in [1.54, 1.807) is 0 Å². The Kier molecular flexibility index (Phi) is 6.77. The molecule has 0 amide bonds. The van der Waals surface area contributed by atoms with Gasteiger partial charge in [-0.2, -0.15) is 0 Å². The van der Waals surface area contributed by atoms with E-state index in [2.05, 4.69) is 65.6 Å². The fourth-order valence-electron chi connectivity index (χ4n) is 4.30. The van der Waals surface area contributed by atoms with Gasteiger partial charge in [0.1, 0.15) is 5.82 Å². The van der Waals surface area contributed by atoms with E-state index in [4.69, 9.17) is 0 Å². The maximum absolute atomic E-state index is 4.42. The van der Waals surface area contributed by atoms with Crippen LogP contribution >= 0.6 is 0 Å². The average molecular weight is 396 g/mol. The second-order valence-corrected chi connectivity index (χ2v) is 8.10. The van der Waals surface area contributed by atoms with Crippen LogP contribution in [0.5, 0.6) is 0 Å². The number of hydrogen-bond acceptors (Lipinski definition) is 4. The van der Waals surface area contributed by atoms with Crippen molar-refractivity contribution in [2.75, 3.05) is 20.1 Å². The van der Waals surface area contributed by atoms with E-state index in [9.17, 15) is 0 Å². The van der Waals surface area contributed by atoms with Crippen molar-refractivity contribution < 1.29 is 0 Å². The zero-order valence-electron chi connectivity index (χ0n) is 17.5. The van der Waals surface area contributed by atoms with Crippen molar-refractivity contribution in [3.8, 4) is 0 Å². The van der Waals surface area contributed by atoms with Crippen LogP contribution in [0.3, 0.4) is 0 Å². The summed E-state index contributed by atoms with van der Waals surface area (Å²) in [4.78, 5) is 6.96. The van der Waals surface area contributed by atoms with E-state index >= 15 is 0 Å². The summed E-state index contributed by atoms with van der Waals surface area (Å²) < 4.78 is 2.29. The number of likely N-dealkylation sites (tertiary alicyclic amines) is 1. The van der Waals surface area contributed by atoms with Gasteiger partial charge in [-0.05, 0) is 31.2 Å². The van der Waals surface area contributed by atoms with Gasteiger partial charge in [-0.3, -0.25) is 9.89 Å². The van der Waals surface area contributed by atoms with Crippen LogP contribution in [0, 0.1) is 0 Å². The molecule has 0 aliphatic carbocycles. The fraction of sp³-hybridized carbons (Fsp3) is 0.591. The van der Waals surface area contributed by atoms with Crippen LogP contribution in [0.15, 0.2) is 35.3 Å². The lowest BCUT2D eigenvalue weighted by molar-refractivity contribution is 0.198. The second-order valence-electron chi connectivity index (χ2n) is 8.10. The SMILES string of the molecule is CN=C(NCc1nnc2n1CCCCC2)NC1CCN(Cc2ccccc2)CC1. The van der Waals surface area contributed by atoms with Crippen LogP contribution in [0.4, 0.5) is 0 Å². The third kappa shape index (κ3) is 5.35. The van der Waals surface area contributed by atoms with E-state index in [1.165, 1.54) is 24.8 Å². The number of hydrogen-bond donors (Lipinski definition) is 2. The summed E-state index contributed by atoms with van der Waals surface area (Å²) in [6.45, 7) is 4.96. The molecule has 0 saturated carbocycles. The molecule has 4 rings (SSSR count). The molecule has 0 spiro atoms. The lowest BCUT2D eigenvalue weighted by atomic mass is 10.0. The minimum Gasteiger partial charge on any atom is -0.354 e. The van der Waals surface area contributed by atoms with Crippen LogP contribution in [-0.4, -0.2) is 51.8 Å². The number of guanidine groups is 1. The highest BCUT2D eigenvalue weighted by atomic mass is 15.3. The largest absolute Gasteiger partial charge is 0.354 e. The summed E-state index contributed by atoms with van der Waals surface area (Å²) in [6.07, 6.45) is 7.02. The molecule has 29 heavy (non-hydrogen) atoms. The van der Waals surface area contributed by atoms with Gasteiger partial charge in [-0.1, -0.05) is 36.8 Å². The van der Waals surface area contributed by atoms with Crippen molar-refractivity contribution in [3.63, 3.8) is 0 Å². The molecular formula is C22H33N7. The molecule has 7 nitrogen and oxygen atoms in total. The zero-order valence-corrected chi connectivity index (χ0v) is 17.5. The Hall–Kier alpha value is -2.41. The first-order valence-corrected chi connectivity index (χ1v) is 11.0. The van der Waals surface area contributed by atoms with Crippen molar-refractivity contribution >= 4 is 5.96 Å². The number of benzene rings is 1. The van der Waals surface area contributed by atoms with Crippen molar-refractivity contribution in [1.82, 2.24) is 30.3 Å². The molecule has 2 aromatic rings. The van der Waals surface area contributed by atoms with E-state index < -0.39 is 0 Å². The van der Waals surface area contributed by atoms with Gasteiger partial charge in [0.05, 0.1) is 6.54 Å². The maximum atomic E-state index is 4.42. The molecule has 0 atom stereocenters. The second kappa shape index (κ2) is 9.87. The van der Waals surface area contributed by atoms with Gasteiger partial charge in [-0.15, -0.1) is 10.2 Å². The average Bonchev–Trinajstić information content (AvgIpc) is 2.99. The lowest BCUT2D eigenvalue weighted by Crippen LogP contribution is -2.48. The molecule has 3 heterocycles. The Balaban J connectivity index is 1.24. The summed E-state index contributed by atoms with van der Waals surface area (Å²) in [5.41, 5.74) is 1.39. The van der Waals surface area contributed by atoms with Crippen molar-refractivity contribution in [1.29, 1.82) is 0 Å². The van der Waals surface area contributed by atoms with Crippen LogP contribution in [0.2, 0.25) is 0 Å². The highest BCUT2D eigenvalue weighted by Gasteiger charge is 2.20. The number of nitrogens with one attached hydrogen (secondary N) is 2. The Bertz CT molecular complexity index is 791. The molecule has 2 N–H and O–H groups in total. The Labute approximate surface area is 173 Å². The maximum Gasteiger partial charge on any atom is 0.191 e. The topological polar surface area (TPSA) is 70.4 Å². The van der Waals surface area contributed by atoms with E-state index in [1.807, 2.05) is 7.05 Å². The predicted octanol–water partition coefficient (Wildman–Crippen LogP) is 2.33. The smallest absolute Gasteiger partial charge is 0.191 e. The third-order valence-corrected chi connectivity index (χ3v) is 6.00. The Morgan fingerprint density at radius 3 is 2.69 bits per heavy atom. The molecule has 2 aliphatic heterocycles. The highest BCUT2D eigenvalue weighted by molar-refractivity contribution is 5.79. The molecule has 2 aliphatic rings. The Morgan fingerprint density at radius 1 is 1.07 bits per heavy atom. The molecule has 1 aromatic carbocycles. The number of fused-ring (bicyclic) bond motifs is 1. The first-order valence-electron chi connectivity index (χ1n) is 11.0. The number of aryl methyl sites for hydroxylation is 1. The molecule has 156 valence electrons. The molecule has 1 fully saturated rings. The van der Waals surface area contributed by atoms with Crippen LogP contribution in [-0.2, 0) is 26.1 Å². The molecule has 1 aromatic heterocycles. The van der Waals surface area contributed by atoms with Gasteiger partial charge in [0.15, 0.2) is 11.8 Å². The van der Waals surface area contributed by atoms with E-state index in [-0.39, 0.29) is 0 Å². The number of aliphatic imine (C=N–C) groups is 1. The standard InChI is InChI=1S/C22H33N7/c1-23-22(24-16-21-27-26-20-10-6-3-7-13-29(20)21)25-19-11-14-28(15-12-19)17-18-8-4-2-5-9-18/h2,4-5,8-9,19H,3,6-7,10-17H2,1H3,(H2,23,24,25). The summed E-state index contributed by atoms with van der Waals surface area (Å²) in [5, 5.41) is 15.8. The molecule has 7 heteroatoms. The van der Waals surface area contributed by atoms with Gasteiger partial charge in [0.2, 0.25) is 0 Å². The summed E-state index contributed by atoms with van der Waals surface area (Å²) in [7, 11) is 1.84. The summed E-state index contributed by atoms with van der Waals surface area (Å²) >= 11 is 0. The molecule has 0 bridgehead atoms. The first-order chi connectivity index (χ1) is 14.3. The normalized spacial score (nSPS) is 18.9. The van der Waals surface area contributed by atoms with Crippen molar-refractivity contribution in [3.05, 3.63) is 47.5 Å². The first kappa shape index (κ1) is 19.9. The molecule has 0 radical (unpaired) electrons. The highest BCUT2D eigenvalue weighted by Crippen LogP contribution is 2.15. The third-order valence-electron chi connectivity index (χ3n) is 6.00. The molecule has 0 unspecified atom stereocenters. The van der Waals surface area contributed by atoms with Gasteiger partial charge in [0, 0.05) is 45.7 Å². The summed E-state index contributed by atoms with van der Waals surface area (Å²) in [5.74, 6) is 3.01. The quantitative estimate of drug-likeness (QED) is 0.601. The van der Waals surface area contributed by atoms with Crippen LogP contribution < -0.4 is 10.6 Å². The van der Waals surface area contributed by atoms with Crippen molar-refractivity contribution in [2.24, 2.45) is 4.99 Å². The molecule has 1 saturated heterocycles. The van der Waals surface area contributed by atoms with Crippen molar-refractivity contribution in [2.45, 2.75) is 64.2 Å². The van der Waals surface area contributed by atoms with Gasteiger partial charge >= 0.3 is 0 Å². The zero-order chi connectivity index (χ0) is 19.9. The number of rotatable bonds is 5. The van der Waals surface area contributed by atoms with E-state index in [0.717, 1.165) is 63.0 Å². The molecular weight excluding hydrogens is 362 g/mol. The Morgan fingerprint density at radius 2 is 1.90 bits per heavy atom. The summed E-state index contributed by atoms with van der Waals surface area (Å²) in [6, 6.07) is 11.2. The van der Waals surface area contributed by atoms with Gasteiger partial charge < -0.3 is 15.2 Å². The van der Waals surface area contributed by atoms with Gasteiger partial charge in [0.25, 0.3) is 0 Å². The van der Waals surface area contributed by atoms with Crippen LogP contribution in [0.25, 0.3) is 0 Å². The number of piperidine rings is 1. The fourth-order valence-corrected chi connectivity index (χ4v) is 4.30. The minimum absolute atomic E-state index is 0.462. The van der Waals surface area contributed by atoms with Crippen LogP contribution in [0.1, 0.15) is 49.3 Å². The number of nitrogens with zero attached hydrogens (tertiary/aromatic N) is 5. The monoisotopic (exact) mass is 395 g/mol.